The highest BCUT2D eigenvalue weighted by atomic mass is 32.1. The lowest BCUT2D eigenvalue weighted by atomic mass is 9.93. The molecule has 1 N–H and O–H groups in total. The normalized spacial score (nSPS) is 13.4. The van der Waals surface area contributed by atoms with Crippen molar-refractivity contribution in [3.8, 4) is 5.75 Å². The van der Waals surface area contributed by atoms with Gasteiger partial charge in [-0.1, -0.05) is 36.5 Å². The van der Waals surface area contributed by atoms with Gasteiger partial charge in [0.2, 0.25) is 0 Å². The average molecular weight is 267 g/mol. The molecule has 0 aliphatic carbocycles. The number of aromatic hydroxyl groups is 1. The molecule has 0 aromatic heterocycles. The predicted molar refractivity (Wildman–Crippen MR) is 81.4 cm³/mol. The Morgan fingerprint density at radius 2 is 1.58 bits per heavy atom. The Bertz CT molecular complexity index is 708. The quantitative estimate of drug-likeness (QED) is 0.802. The van der Waals surface area contributed by atoms with Gasteiger partial charge in [0.05, 0.1) is 5.71 Å². The van der Waals surface area contributed by atoms with Gasteiger partial charge >= 0.3 is 0 Å². The van der Waals surface area contributed by atoms with Crippen molar-refractivity contribution in [1.29, 1.82) is 0 Å². The van der Waals surface area contributed by atoms with Gasteiger partial charge in [-0.25, -0.2) is 4.99 Å². The second-order valence-electron chi connectivity index (χ2n) is 4.77. The molecule has 0 unspecified atom stereocenters. The summed E-state index contributed by atoms with van der Waals surface area (Å²) in [5.41, 5.74) is 6.08. The Morgan fingerprint density at radius 3 is 2.21 bits per heavy atom. The maximum atomic E-state index is 9.64. The van der Waals surface area contributed by atoms with Gasteiger partial charge in [0.15, 0.2) is 0 Å². The van der Waals surface area contributed by atoms with Gasteiger partial charge in [-0.2, -0.15) is 0 Å². The highest BCUT2D eigenvalue weighted by Crippen LogP contribution is 2.29. The number of thiocarbonyl (C=S) groups is 1. The second-order valence-corrected chi connectivity index (χ2v) is 5.15. The Labute approximate surface area is 117 Å². The van der Waals surface area contributed by atoms with Crippen molar-refractivity contribution in [3.63, 3.8) is 0 Å². The zero-order valence-electron chi connectivity index (χ0n) is 10.8. The highest BCUT2D eigenvalue weighted by molar-refractivity contribution is 7.80. The number of aryl methyl sites for hydroxylation is 2. The van der Waals surface area contributed by atoms with Crippen LogP contribution in [0.5, 0.6) is 5.75 Å². The fourth-order valence-electron chi connectivity index (χ4n) is 2.60. The van der Waals surface area contributed by atoms with E-state index in [1.54, 1.807) is 12.1 Å². The molecule has 0 radical (unpaired) electrons. The van der Waals surface area contributed by atoms with Gasteiger partial charge < -0.3 is 5.11 Å². The van der Waals surface area contributed by atoms with Crippen LogP contribution in [0.3, 0.4) is 0 Å². The van der Waals surface area contributed by atoms with Crippen LogP contribution in [0, 0.1) is 13.8 Å². The van der Waals surface area contributed by atoms with Gasteiger partial charge in [-0.3, -0.25) is 0 Å². The minimum atomic E-state index is 0.285. The van der Waals surface area contributed by atoms with Gasteiger partial charge in [-0.15, -0.1) is 0 Å². The van der Waals surface area contributed by atoms with E-state index in [0.717, 1.165) is 33.5 Å². The van der Waals surface area contributed by atoms with E-state index in [2.05, 4.69) is 4.99 Å². The van der Waals surface area contributed by atoms with Gasteiger partial charge in [0, 0.05) is 16.7 Å². The summed E-state index contributed by atoms with van der Waals surface area (Å²) in [6, 6.07) is 11.5. The van der Waals surface area contributed by atoms with Gasteiger partial charge in [-0.05, 0) is 37.1 Å². The van der Waals surface area contributed by atoms with Crippen molar-refractivity contribution >= 4 is 22.9 Å². The second kappa shape index (κ2) is 4.28. The van der Waals surface area contributed by atoms with E-state index in [4.69, 9.17) is 12.2 Å². The SMILES string of the molecule is Cc1cc(O)cc(C)c1C1=NC(=S)c2ccccc21. The van der Waals surface area contributed by atoms with Crippen LogP contribution in [-0.4, -0.2) is 15.8 Å². The minimum absolute atomic E-state index is 0.285. The zero-order valence-corrected chi connectivity index (χ0v) is 11.6. The molecule has 0 spiro atoms. The fraction of sp³-hybridized carbons (Fsp3) is 0.125. The molecule has 2 nitrogen and oxygen atoms in total. The molecule has 3 heteroatoms. The first-order valence-electron chi connectivity index (χ1n) is 6.11. The van der Waals surface area contributed by atoms with E-state index < -0.39 is 0 Å². The zero-order chi connectivity index (χ0) is 13.6. The largest absolute Gasteiger partial charge is 0.508 e. The predicted octanol–water partition coefficient (Wildman–Crippen LogP) is 3.54. The molecule has 1 aliphatic heterocycles. The van der Waals surface area contributed by atoms with E-state index >= 15 is 0 Å². The van der Waals surface area contributed by atoms with Crippen LogP contribution in [0.1, 0.15) is 27.8 Å². The maximum Gasteiger partial charge on any atom is 0.134 e. The summed E-state index contributed by atoms with van der Waals surface area (Å²) in [7, 11) is 0. The third-order valence-electron chi connectivity index (χ3n) is 3.38. The number of phenols is 1. The summed E-state index contributed by atoms with van der Waals surface area (Å²) in [6.07, 6.45) is 0. The molecule has 19 heavy (non-hydrogen) atoms. The minimum Gasteiger partial charge on any atom is -0.508 e. The topological polar surface area (TPSA) is 32.6 Å². The van der Waals surface area contributed by atoms with Crippen LogP contribution in [-0.2, 0) is 0 Å². The lowest BCUT2D eigenvalue weighted by molar-refractivity contribution is 0.474. The number of hydrogen-bond donors (Lipinski definition) is 1. The molecule has 0 fully saturated rings. The molecule has 0 amide bonds. The van der Waals surface area contributed by atoms with Crippen LogP contribution in [0.25, 0.3) is 0 Å². The summed E-state index contributed by atoms with van der Waals surface area (Å²) >= 11 is 5.33. The summed E-state index contributed by atoms with van der Waals surface area (Å²) in [6.45, 7) is 3.96. The van der Waals surface area contributed by atoms with Crippen LogP contribution in [0.4, 0.5) is 0 Å². The van der Waals surface area contributed by atoms with Crippen LogP contribution in [0.15, 0.2) is 41.4 Å². The van der Waals surface area contributed by atoms with Crippen molar-refractivity contribution in [2.24, 2.45) is 4.99 Å². The average Bonchev–Trinajstić information content (AvgIpc) is 2.67. The molecular formula is C16H13NOS. The Kier molecular flexibility index (Phi) is 2.72. The van der Waals surface area contributed by atoms with Crippen LogP contribution >= 0.6 is 12.2 Å². The lowest BCUT2D eigenvalue weighted by Gasteiger charge is -2.11. The van der Waals surface area contributed by atoms with Crippen molar-refractivity contribution in [2.45, 2.75) is 13.8 Å². The Hall–Kier alpha value is -2.00. The Morgan fingerprint density at radius 1 is 1.00 bits per heavy atom. The summed E-state index contributed by atoms with van der Waals surface area (Å²) in [4.78, 5) is 5.18. The van der Waals surface area contributed by atoms with E-state index in [1.165, 1.54) is 0 Å². The van der Waals surface area contributed by atoms with Crippen molar-refractivity contribution in [1.82, 2.24) is 0 Å². The molecular weight excluding hydrogens is 254 g/mol. The molecule has 1 heterocycles. The standard InChI is InChI=1S/C16H13NOS/c1-9-7-11(18)8-10(2)14(9)15-12-5-3-4-6-13(12)16(19)17-15/h3-8,18H,1-2H3. The van der Waals surface area contributed by atoms with Crippen LogP contribution in [0.2, 0.25) is 0 Å². The molecule has 0 atom stereocenters. The molecule has 0 bridgehead atoms. The van der Waals surface area contributed by atoms with E-state index in [1.807, 2.05) is 38.1 Å². The van der Waals surface area contributed by atoms with Gasteiger partial charge in [0.1, 0.15) is 10.7 Å². The highest BCUT2D eigenvalue weighted by Gasteiger charge is 2.23. The van der Waals surface area contributed by atoms with Crippen molar-refractivity contribution < 1.29 is 5.11 Å². The molecule has 0 saturated carbocycles. The summed E-state index contributed by atoms with van der Waals surface area (Å²) in [5, 5.41) is 9.64. The molecule has 3 rings (SSSR count). The number of rotatable bonds is 1. The van der Waals surface area contributed by atoms with E-state index in [9.17, 15) is 5.11 Å². The number of aliphatic imine (C=N–C) groups is 1. The van der Waals surface area contributed by atoms with Crippen molar-refractivity contribution in [2.75, 3.05) is 0 Å². The molecule has 2 aromatic rings. The maximum absolute atomic E-state index is 9.64. The fourth-order valence-corrected chi connectivity index (χ4v) is 2.87. The smallest absolute Gasteiger partial charge is 0.134 e. The first-order valence-corrected chi connectivity index (χ1v) is 6.52. The molecule has 94 valence electrons. The third kappa shape index (κ3) is 1.87. The van der Waals surface area contributed by atoms with Crippen LogP contribution < -0.4 is 0 Å². The molecule has 1 aliphatic rings. The number of hydrogen-bond acceptors (Lipinski definition) is 2. The number of nitrogens with zero attached hydrogens (tertiary/aromatic N) is 1. The number of fused-ring (bicyclic) bond motifs is 1. The lowest BCUT2D eigenvalue weighted by Crippen LogP contribution is -2.05. The van der Waals surface area contributed by atoms with Crippen molar-refractivity contribution in [3.05, 3.63) is 64.2 Å². The van der Waals surface area contributed by atoms with E-state index in [-0.39, 0.29) is 5.75 Å². The molecule has 2 aromatic carbocycles. The summed E-state index contributed by atoms with van der Waals surface area (Å²) in [5.74, 6) is 0.285. The number of phenolic OH excluding ortho intramolecular Hbond substituents is 1. The first kappa shape index (κ1) is 12.1. The first-order chi connectivity index (χ1) is 9.08. The number of benzene rings is 2. The summed E-state index contributed by atoms with van der Waals surface area (Å²) < 4.78 is 0. The molecule has 0 saturated heterocycles. The third-order valence-corrected chi connectivity index (χ3v) is 3.69. The monoisotopic (exact) mass is 267 g/mol. The van der Waals surface area contributed by atoms with E-state index in [0.29, 0.717) is 4.99 Å². The van der Waals surface area contributed by atoms with Gasteiger partial charge in [0.25, 0.3) is 0 Å². The Balaban J connectivity index is 2.26.